The van der Waals surface area contributed by atoms with Crippen molar-refractivity contribution in [2.45, 2.75) is 136 Å². The first-order valence-electron chi connectivity index (χ1n) is 11.4. The molecule has 0 rings (SSSR count). The van der Waals surface area contributed by atoms with E-state index in [4.69, 9.17) is 9.84 Å². The van der Waals surface area contributed by atoms with Gasteiger partial charge in [0.25, 0.3) is 0 Å². The van der Waals surface area contributed by atoms with E-state index in [0.717, 1.165) is 77.0 Å². The number of carboxylic acid groups (broad SMARTS) is 1. The van der Waals surface area contributed by atoms with Gasteiger partial charge in [0.15, 0.2) is 0 Å². The molecule has 4 nitrogen and oxygen atoms in total. The highest BCUT2D eigenvalue weighted by Crippen LogP contribution is 2.31. The van der Waals surface area contributed by atoms with Crippen LogP contribution in [0, 0.1) is 0 Å². The molecule has 0 radical (unpaired) electrons. The number of ether oxygens (including phenoxy) is 1. The maximum Gasteiger partial charge on any atom is 0.306 e. The molecular formula is C23H44O4. The van der Waals surface area contributed by atoms with Crippen molar-refractivity contribution in [3.8, 4) is 0 Å². The maximum atomic E-state index is 12.4. The van der Waals surface area contributed by atoms with Crippen LogP contribution in [0.15, 0.2) is 0 Å². The molecule has 160 valence electrons. The number of carbonyl (C=O) groups excluding carboxylic acids is 1. The van der Waals surface area contributed by atoms with Crippen LogP contribution in [-0.4, -0.2) is 22.6 Å². The third-order valence-electron chi connectivity index (χ3n) is 5.25. The molecule has 0 aromatic carbocycles. The van der Waals surface area contributed by atoms with E-state index in [1.165, 1.54) is 19.3 Å². The number of carbonyl (C=O) groups is 2. The summed E-state index contributed by atoms with van der Waals surface area (Å²) in [5.74, 6) is -0.742. The lowest BCUT2D eigenvalue weighted by Crippen LogP contribution is -2.35. The zero-order valence-corrected chi connectivity index (χ0v) is 18.2. The van der Waals surface area contributed by atoms with Crippen LogP contribution in [0.3, 0.4) is 0 Å². The Balaban J connectivity index is 4.16. The molecule has 0 amide bonds. The lowest BCUT2D eigenvalue weighted by molar-refractivity contribution is -0.163. The summed E-state index contributed by atoms with van der Waals surface area (Å²) in [4.78, 5) is 22.9. The summed E-state index contributed by atoms with van der Waals surface area (Å²) in [6.45, 7) is 6.57. The Morgan fingerprint density at radius 1 is 0.667 bits per heavy atom. The van der Waals surface area contributed by atoms with Gasteiger partial charge >= 0.3 is 11.9 Å². The van der Waals surface area contributed by atoms with Crippen molar-refractivity contribution < 1.29 is 19.4 Å². The highest BCUT2D eigenvalue weighted by Gasteiger charge is 2.31. The van der Waals surface area contributed by atoms with E-state index in [9.17, 15) is 9.59 Å². The molecule has 0 aromatic rings. The van der Waals surface area contributed by atoms with Crippen molar-refractivity contribution >= 4 is 11.9 Å². The van der Waals surface area contributed by atoms with Gasteiger partial charge in [0.05, 0.1) is 0 Å². The van der Waals surface area contributed by atoms with Gasteiger partial charge in [-0.3, -0.25) is 9.59 Å². The molecule has 4 heteroatoms. The zero-order valence-electron chi connectivity index (χ0n) is 18.2. The second-order valence-corrected chi connectivity index (χ2v) is 7.98. The largest absolute Gasteiger partial charge is 0.481 e. The monoisotopic (exact) mass is 384 g/mol. The first-order chi connectivity index (χ1) is 13.0. The molecule has 0 aliphatic rings. The van der Waals surface area contributed by atoms with Crippen molar-refractivity contribution in [1.82, 2.24) is 0 Å². The third kappa shape index (κ3) is 14.6. The van der Waals surface area contributed by atoms with Crippen molar-refractivity contribution in [1.29, 1.82) is 0 Å². The average Bonchev–Trinajstić information content (AvgIpc) is 2.61. The lowest BCUT2D eigenvalue weighted by atomic mass is 9.86. The molecule has 0 atom stereocenters. The van der Waals surface area contributed by atoms with Gasteiger partial charge in [-0.2, -0.15) is 0 Å². The maximum absolute atomic E-state index is 12.4. The first kappa shape index (κ1) is 25.9. The summed E-state index contributed by atoms with van der Waals surface area (Å²) in [7, 11) is 0. The van der Waals surface area contributed by atoms with E-state index in [2.05, 4.69) is 20.8 Å². The number of carboxylic acids is 1. The Kier molecular flexibility index (Phi) is 16.4. The highest BCUT2D eigenvalue weighted by atomic mass is 16.6. The molecule has 0 saturated heterocycles. The average molecular weight is 385 g/mol. The molecule has 0 unspecified atom stereocenters. The fraction of sp³-hybridized carbons (Fsp3) is 0.913. The summed E-state index contributed by atoms with van der Waals surface area (Å²) >= 11 is 0. The van der Waals surface area contributed by atoms with E-state index >= 15 is 0 Å². The van der Waals surface area contributed by atoms with Crippen LogP contribution >= 0.6 is 0 Å². The van der Waals surface area contributed by atoms with E-state index in [-0.39, 0.29) is 18.0 Å². The normalized spacial score (nSPS) is 11.5. The van der Waals surface area contributed by atoms with Gasteiger partial charge in [-0.1, -0.05) is 78.6 Å². The van der Waals surface area contributed by atoms with Crippen LogP contribution in [0.1, 0.15) is 130 Å². The lowest BCUT2D eigenvalue weighted by Gasteiger charge is -2.33. The van der Waals surface area contributed by atoms with Gasteiger partial charge in [-0.15, -0.1) is 0 Å². The number of rotatable bonds is 19. The third-order valence-corrected chi connectivity index (χ3v) is 5.25. The Hall–Kier alpha value is -1.06. The number of aliphatic carboxylic acids is 1. The molecular weight excluding hydrogens is 340 g/mol. The molecule has 0 bridgehead atoms. The quantitative estimate of drug-likeness (QED) is 0.191. The van der Waals surface area contributed by atoms with E-state index < -0.39 is 5.97 Å². The first-order valence-corrected chi connectivity index (χ1v) is 11.4. The molecule has 0 heterocycles. The summed E-state index contributed by atoms with van der Waals surface area (Å²) in [5, 5.41) is 8.61. The summed E-state index contributed by atoms with van der Waals surface area (Å²) in [5.41, 5.74) is -0.245. The van der Waals surface area contributed by atoms with Crippen LogP contribution in [-0.2, 0) is 14.3 Å². The minimum Gasteiger partial charge on any atom is -0.481 e. The smallest absolute Gasteiger partial charge is 0.306 e. The second kappa shape index (κ2) is 17.1. The Bertz CT molecular complexity index is 373. The predicted molar refractivity (Wildman–Crippen MR) is 112 cm³/mol. The van der Waals surface area contributed by atoms with Crippen LogP contribution in [0.25, 0.3) is 0 Å². The molecule has 0 aromatic heterocycles. The van der Waals surface area contributed by atoms with Crippen LogP contribution in [0.4, 0.5) is 0 Å². The Labute approximate surface area is 167 Å². The standard InChI is InChI=1S/C23H44O4/c1-4-7-8-15-20-23(18-5-2,19-6-3)27-22(26)17-14-12-10-9-11-13-16-21(24)25/h4-20H2,1-3H3,(H,24,25). The van der Waals surface area contributed by atoms with Crippen LogP contribution in [0.2, 0.25) is 0 Å². The molecule has 0 saturated carbocycles. The fourth-order valence-corrected chi connectivity index (χ4v) is 3.86. The minimum absolute atomic E-state index is 0.0294. The summed E-state index contributed by atoms with van der Waals surface area (Å²) < 4.78 is 6.07. The molecule has 0 aliphatic heterocycles. The zero-order chi connectivity index (χ0) is 20.4. The van der Waals surface area contributed by atoms with Crippen molar-refractivity contribution in [3.05, 3.63) is 0 Å². The predicted octanol–water partition coefficient (Wildman–Crippen LogP) is 7.04. The van der Waals surface area contributed by atoms with E-state index in [1.807, 2.05) is 0 Å². The summed E-state index contributed by atoms with van der Waals surface area (Å²) in [6, 6.07) is 0. The Morgan fingerprint density at radius 3 is 1.70 bits per heavy atom. The minimum atomic E-state index is -0.713. The number of hydrogen-bond donors (Lipinski definition) is 1. The van der Waals surface area contributed by atoms with Gasteiger partial charge in [0.2, 0.25) is 0 Å². The molecule has 0 fully saturated rings. The van der Waals surface area contributed by atoms with Crippen LogP contribution < -0.4 is 0 Å². The van der Waals surface area contributed by atoms with Crippen molar-refractivity contribution in [3.63, 3.8) is 0 Å². The van der Waals surface area contributed by atoms with Crippen molar-refractivity contribution in [2.75, 3.05) is 0 Å². The molecule has 0 aliphatic carbocycles. The summed E-state index contributed by atoms with van der Waals surface area (Å²) in [6.07, 6.45) is 16.4. The molecule has 1 N–H and O–H groups in total. The van der Waals surface area contributed by atoms with E-state index in [1.54, 1.807) is 0 Å². The number of hydrogen-bond acceptors (Lipinski definition) is 3. The van der Waals surface area contributed by atoms with Gasteiger partial charge in [-0.25, -0.2) is 0 Å². The topological polar surface area (TPSA) is 63.6 Å². The van der Waals surface area contributed by atoms with E-state index in [0.29, 0.717) is 6.42 Å². The highest BCUT2D eigenvalue weighted by molar-refractivity contribution is 5.69. The van der Waals surface area contributed by atoms with Crippen LogP contribution in [0.5, 0.6) is 0 Å². The fourth-order valence-electron chi connectivity index (χ4n) is 3.86. The van der Waals surface area contributed by atoms with Gasteiger partial charge < -0.3 is 9.84 Å². The number of unbranched alkanes of at least 4 members (excludes halogenated alkanes) is 8. The van der Waals surface area contributed by atoms with Gasteiger partial charge in [0, 0.05) is 12.8 Å². The SMILES string of the molecule is CCCCCCC(CCC)(CCC)OC(=O)CCCCCCCCC(=O)O. The van der Waals surface area contributed by atoms with Gasteiger partial charge in [0.1, 0.15) is 5.60 Å². The molecule has 27 heavy (non-hydrogen) atoms. The Morgan fingerprint density at radius 2 is 1.19 bits per heavy atom. The van der Waals surface area contributed by atoms with Crippen molar-refractivity contribution in [2.24, 2.45) is 0 Å². The number of esters is 1. The second-order valence-electron chi connectivity index (χ2n) is 7.98. The molecule has 0 spiro atoms. The van der Waals surface area contributed by atoms with Gasteiger partial charge in [-0.05, 0) is 38.5 Å².